The molecule has 1 rings (SSSR count). The van der Waals surface area contributed by atoms with Crippen LogP contribution >= 0.6 is 0 Å². The zero-order chi connectivity index (χ0) is 15.2. The largest absolute Gasteiger partial charge is 0.382 e. The molecule has 1 aromatic carbocycles. The minimum atomic E-state index is -0.0982. The number of methoxy groups -OCH3 is 2. The first kappa shape index (κ1) is 18.1. The Labute approximate surface area is 127 Å². The van der Waals surface area contributed by atoms with Crippen LogP contribution in [0.3, 0.4) is 0 Å². The predicted octanol–water partition coefficient (Wildman–Crippen LogP) is 1.90. The van der Waals surface area contributed by atoms with E-state index in [1.165, 1.54) is 0 Å². The Morgan fingerprint density at radius 1 is 0.810 bits per heavy atom. The second-order valence-electron chi connectivity index (χ2n) is 4.55. The zero-order valence-electron chi connectivity index (χ0n) is 13.0. The highest BCUT2D eigenvalue weighted by molar-refractivity contribution is 5.13. The molecular weight excluding hydrogens is 272 g/mol. The highest BCUT2D eigenvalue weighted by atomic mass is 16.6. The van der Waals surface area contributed by atoms with E-state index in [1.54, 1.807) is 14.2 Å². The second kappa shape index (κ2) is 12.7. The van der Waals surface area contributed by atoms with Gasteiger partial charge in [0.25, 0.3) is 0 Å². The first-order valence-corrected chi connectivity index (χ1v) is 7.15. The van der Waals surface area contributed by atoms with E-state index in [2.05, 4.69) is 0 Å². The molecule has 0 heterocycles. The summed E-state index contributed by atoms with van der Waals surface area (Å²) in [6.45, 7) is 3.80. The molecule has 0 aliphatic carbocycles. The monoisotopic (exact) mass is 298 g/mol. The normalized spacial score (nSPS) is 11.2. The van der Waals surface area contributed by atoms with Gasteiger partial charge in [0.05, 0.1) is 46.2 Å². The molecule has 0 fully saturated rings. The summed E-state index contributed by atoms with van der Waals surface area (Å²) in [5, 5.41) is 0. The molecule has 0 radical (unpaired) electrons. The van der Waals surface area contributed by atoms with Gasteiger partial charge in [-0.1, -0.05) is 30.3 Å². The van der Waals surface area contributed by atoms with Crippen molar-refractivity contribution in [3.05, 3.63) is 35.9 Å². The highest BCUT2D eigenvalue weighted by Gasteiger charge is 2.10. The van der Waals surface area contributed by atoms with E-state index in [0.717, 1.165) is 5.56 Å². The van der Waals surface area contributed by atoms with E-state index in [1.807, 2.05) is 30.3 Å². The highest BCUT2D eigenvalue weighted by Crippen LogP contribution is 2.05. The molecule has 0 aliphatic rings. The third-order valence-corrected chi connectivity index (χ3v) is 2.80. The summed E-state index contributed by atoms with van der Waals surface area (Å²) in [5.41, 5.74) is 1.14. The van der Waals surface area contributed by atoms with Crippen LogP contribution in [0.5, 0.6) is 0 Å². The topological polar surface area (TPSA) is 46.2 Å². The quantitative estimate of drug-likeness (QED) is 0.521. The smallest absolute Gasteiger partial charge is 0.105 e. The molecule has 0 unspecified atom stereocenters. The maximum atomic E-state index is 5.86. The van der Waals surface area contributed by atoms with Crippen LogP contribution in [-0.2, 0) is 30.3 Å². The molecule has 0 saturated carbocycles. The molecule has 0 spiro atoms. The average Bonchev–Trinajstić information content (AvgIpc) is 2.53. The van der Waals surface area contributed by atoms with Crippen molar-refractivity contribution in [2.75, 3.05) is 53.9 Å². The zero-order valence-corrected chi connectivity index (χ0v) is 13.0. The van der Waals surface area contributed by atoms with Crippen LogP contribution in [0, 0.1) is 0 Å². The number of ether oxygens (including phenoxy) is 5. The molecule has 5 heteroatoms. The Bertz CT molecular complexity index is 319. The van der Waals surface area contributed by atoms with E-state index in [-0.39, 0.29) is 6.10 Å². The van der Waals surface area contributed by atoms with Crippen LogP contribution in [-0.4, -0.2) is 60.0 Å². The summed E-state index contributed by atoms with van der Waals surface area (Å²) in [4.78, 5) is 0. The van der Waals surface area contributed by atoms with Crippen molar-refractivity contribution >= 4 is 0 Å². The van der Waals surface area contributed by atoms with Crippen LogP contribution < -0.4 is 0 Å². The third kappa shape index (κ3) is 9.55. The van der Waals surface area contributed by atoms with Crippen molar-refractivity contribution in [3.8, 4) is 0 Å². The summed E-state index contributed by atoms with van der Waals surface area (Å²) in [5.74, 6) is 0. The van der Waals surface area contributed by atoms with Crippen molar-refractivity contribution in [3.63, 3.8) is 0 Å². The molecule has 0 saturated heterocycles. The SMILES string of the molecule is COCCOCC(COCCOC)OCc1ccccc1. The maximum Gasteiger partial charge on any atom is 0.105 e. The van der Waals surface area contributed by atoms with Crippen LogP contribution in [0.2, 0.25) is 0 Å². The van der Waals surface area contributed by atoms with Gasteiger partial charge in [0, 0.05) is 14.2 Å². The molecule has 0 amide bonds. The van der Waals surface area contributed by atoms with Gasteiger partial charge in [-0.2, -0.15) is 0 Å². The Kier molecular flexibility index (Phi) is 11.0. The third-order valence-electron chi connectivity index (χ3n) is 2.80. The van der Waals surface area contributed by atoms with Crippen LogP contribution in [0.1, 0.15) is 5.56 Å². The number of hydrogen-bond acceptors (Lipinski definition) is 5. The van der Waals surface area contributed by atoms with E-state index in [4.69, 9.17) is 23.7 Å². The van der Waals surface area contributed by atoms with Crippen molar-refractivity contribution in [2.45, 2.75) is 12.7 Å². The van der Waals surface area contributed by atoms with Crippen LogP contribution in [0.4, 0.5) is 0 Å². The number of rotatable bonds is 13. The van der Waals surface area contributed by atoms with E-state index in [9.17, 15) is 0 Å². The average molecular weight is 298 g/mol. The predicted molar refractivity (Wildman–Crippen MR) is 80.4 cm³/mol. The molecular formula is C16H26O5. The summed E-state index contributed by atoms with van der Waals surface area (Å²) in [6.07, 6.45) is -0.0982. The maximum absolute atomic E-state index is 5.86. The Balaban J connectivity index is 2.28. The molecule has 0 atom stereocenters. The first-order chi connectivity index (χ1) is 10.4. The minimum absolute atomic E-state index is 0.0982. The van der Waals surface area contributed by atoms with Gasteiger partial charge in [-0.3, -0.25) is 0 Å². The van der Waals surface area contributed by atoms with Crippen molar-refractivity contribution < 1.29 is 23.7 Å². The van der Waals surface area contributed by atoms with Gasteiger partial charge in [0.1, 0.15) is 6.10 Å². The molecule has 5 nitrogen and oxygen atoms in total. The van der Waals surface area contributed by atoms with Crippen molar-refractivity contribution in [2.24, 2.45) is 0 Å². The van der Waals surface area contributed by atoms with E-state index in [0.29, 0.717) is 46.2 Å². The molecule has 21 heavy (non-hydrogen) atoms. The lowest BCUT2D eigenvalue weighted by Crippen LogP contribution is -2.27. The molecule has 0 N–H and O–H groups in total. The van der Waals surface area contributed by atoms with Gasteiger partial charge >= 0.3 is 0 Å². The van der Waals surface area contributed by atoms with Crippen LogP contribution in [0.25, 0.3) is 0 Å². The fourth-order valence-electron chi connectivity index (χ4n) is 1.65. The summed E-state index contributed by atoms with van der Waals surface area (Å²) in [7, 11) is 3.31. The number of hydrogen-bond donors (Lipinski definition) is 0. The van der Waals surface area contributed by atoms with Gasteiger partial charge < -0.3 is 23.7 Å². The first-order valence-electron chi connectivity index (χ1n) is 7.15. The molecule has 0 bridgehead atoms. The molecule has 1 aromatic rings. The summed E-state index contributed by atoms with van der Waals surface area (Å²) in [6, 6.07) is 10.1. The lowest BCUT2D eigenvalue weighted by atomic mass is 10.2. The van der Waals surface area contributed by atoms with Gasteiger partial charge in [0.2, 0.25) is 0 Å². The second-order valence-corrected chi connectivity index (χ2v) is 4.55. The lowest BCUT2D eigenvalue weighted by Gasteiger charge is -2.18. The Morgan fingerprint density at radius 2 is 1.38 bits per heavy atom. The Morgan fingerprint density at radius 3 is 1.90 bits per heavy atom. The lowest BCUT2D eigenvalue weighted by molar-refractivity contribution is -0.0757. The summed E-state index contributed by atoms with van der Waals surface area (Å²) >= 11 is 0. The minimum Gasteiger partial charge on any atom is -0.382 e. The van der Waals surface area contributed by atoms with Crippen LogP contribution in [0.15, 0.2) is 30.3 Å². The van der Waals surface area contributed by atoms with Crippen molar-refractivity contribution in [1.82, 2.24) is 0 Å². The van der Waals surface area contributed by atoms with Gasteiger partial charge in [-0.05, 0) is 5.56 Å². The standard InChI is InChI=1S/C16H26O5/c1-17-8-10-19-13-16(14-20-11-9-18-2)21-12-15-6-4-3-5-7-15/h3-7,16H,8-14H2,1-2H3. The molecule has 0 aromatic heterocycles. The van der Waals surface area contributed by atoms with Gasteiger partial charge in [0.15, 0.2) is 0 Å². The molecule has 0 aliphatic heterocycles. The van der Waals surface area contributed by atoms with Crippen molar-refractivity contribution in [1.29, 1.82) is 0 Å². The van der Waals surface area contributed by atoms with E-state index < -0.39 is 0 Å². The molecule has 120 valence electrons. The fourth-order valence-corrected chi connectivity index (χ4v) is 1.65. The van der Waals surface area contributed by atoms with E-state index >= 15 is 0 Å². The number of benzene rings is 1. The van der Waals surface area contributed by atoms with Gasteiger partial charge in [-0.15, -0.1) is 0 Å². The Hall–Kier alpha value is -0.980. The fraction of sp³-hybridized carbons (Fsp3) is 0.625. The summed E-state index contributed by atoms with van der Waals surface area (Å²) < 4.78 is 26.8. The van der Waals surface area contributed by atoms with Gasteiger partial charge in [-0.25, -0.2) is 0 Å².